The highest BCUT2D eigenvalue weighted by atomic mass is 32.1. The molecule has 2 aromatic carbocycles. The second kappa shape index (κ2) is 14.8. The number of hydrogen-bond acceptors (Lipinski definition) is 8. The molecule has 5 rings (SSSR count). The molecule has 3 heterocycles. The Kier molecular flexibility index (Phi) is 11.1. The molecular formula is C33H37F3N8OS. The first-order valence-electron chi connectivity index (χ1n) is 14.9. The fraction of sp³-hybridized carbons (Fsp3) is 0.364. The molecule has 0 unspecified atom stereocenters. The number of benzene rings is 2. The summed E-state index contributed by atoms with van der Waals surface area (Å²) in [5, 5.41) is 21.0. The molecule has 1 aliphatic rings. The van der Waals surface area contributed by atoms with Gasteiger partial charge in [-0.3, -0.25) is 9.69 Å². The number of hydrogen-bond donors (Lipinski definition) is 1. The van der Waals surface area contributed by atoms with Crippen molar-refractivity contribution in [3.8, 4) is 28.6 Å². The zero-order valence-electron chi connectivity index (χ0n) is 26.0. The van der Waals surface area contributed by atoms with Gasteiger partial charge in [-0.15, -0.1) is 10.2 Å². The number of likely N-dealkylation sites (tertiary alicyclic amines) is 1. The lowest BCUT2D eigenvalue weighted by molar-refractivity contribution is -0.138. The highest BCUT2D eigenvalue weighted by Crippen LogP contribution is 2.37. The first-order chi connectivity index (χ1) is 21.6. The van der Waals surface area contributed by atoms with E-state index in [0.29, 0.717) is 59.1 Å². The minimum Gasteiger partial charge on any atom is -0.370 e. The lowest BCUT2D eigenvalue weighted by atomic mass is 9.96. The summed E-state index contributed by atoms with van der Waals surface area (Å²) in [5.41, 5.74) is 2.15. The Hall–Kier alpha value is -4.41. The SMILES string of the molecule is CCNc1cc(-c2ccc(C#N)cc2-c2nncn2C)cc(N(C)Cc2c(C=O)cc(CN3CCCCC3)cc2C(F)(F)F)n1.S. The topological polar surface area (TPSA) is 103 Å². The Morgan fingerprint density at radius 2 is 1.85 bits per heavy atom. The molecule has 242 valence electrons. The molecule has 2 aromatic heterocycles. The lowest BCUT2D eigenvalue weighted by Gasteiger charge is -2.28. The van der Waals surface area contributed by atoms with Gasteiger partial charge in [0, 0.05) is 44.9 Å². The van der Waals surface area contributed by atoms with Gasteiger partial charge in [-0.25, -0.2) is 4.98 Å². The van der Waals surface area contributed by atoms with Gasteiger partial charge in [-0.1, -0.05) is 12.5 Å². The van der Waals surface area contributed by atoms with Crippen molar-refractivity contribution in [2.75, 3.05) is 36.9 Å². The predicted octanol–water partition coefficient (Wildman–Crippen LogP) is 6.41. The fourth-order valence-electron chi connectivity index (χ4n) is 5.79. The molecule has 4 aromatic rings. The van der Waals surface area contributed by atoms with Gasteiger partial charge in [0.05, 0.1) is 17.2 Å². The molecular weight excluding hydrogens is 613 g/mol. The third kappa shape index (κ3) is 7.68. The summed E-state index contributed by atoms with van der Waals surface area (Å²) < 4.78 is 45.2. The minimum absolute atomic E-state index is 0. The van der Waals surface area contributed by atoms with Crippen LogP contribution in [0.25, 0.3) is 22.5 Å². The van der Waals surface area contributed by atoms with Crippen molar-refractivity contribution in [3.05, 3.63) is 76.6 Å². The number of anilines is 2. The number of pyridine rings is 1. The zero-order chi connectivity index (χ0) is 32.1. The third-order valence-corrected chi connectivity index (χ3v) is 8.00. The van der Waals surface area contributed by atoms with Crippen molar-refractivity contribution in [1.29, 1.82) is 5.26 Å². The summed E-state index contributed by atoms with van der Waals surface area (Å²) in [7, 11) is 3.45. The predicted molar refractivity (Wildman–Crippen MR) is 177 cm³/mol. The maximum absolute atomic E-state index is 14.5. The smallest absolute Gasteiger partial charge is 0.370 e. The van der Waals surface area contributed by atoms with Gasteiger partial charge in [0.1, 0.15) is 24.2 Å². The summed E-state index contributed by atoms with van der Waals surface area (Å²) in [6, 6.07) is 13.8. The standard InChI is InChI=1S/C33H35F3N8O.H2S/c1-4-38-30-15-24(26-9-8-22(17-37)13-27(26)32-41-39-21-43(32)3)16-31(40-30)42(2)19-28-25(20-45)12-23(14-29(28)33(34,35)36)18-44-10-6-5-7-11-44;/h8-9,12-16,20-21H,4-7,10-11,18-19H2,1-3H3,(H,38,40);1H2. The van der Waals surface area contributed by atoms with Gasteiger partial charge in [-0.2, -0.15) is 31.9 Å². The van der Waals surface area contributed by atoms with E-state index in [1.807, 2.05) is 19.1 Å². The first-order valence-corrected chi connectivity index (χ1v) is 14.9. The molecule has 0 bridgehead atoms. The normalized spacial score (nSPS) is 13.5. The number of rotatable bonds is 10. The third-order valence-electron chi connectivity index (χ3n) is 8.00. The van der Waals surface area contributed by atoms with Crippen LogP contribution in [0, 0.1) is 11.3 Å². The van der Waals surface area contributed by atoms with Crippen molar-refractivity contribution in [2.45, 2.75) is 45.5 Å². The Labute approximate surface area is 273 Å². The number of halogens is 3. The van der Waals surface area contributed by atoms with E-state index >= 15 is 0 Å². The van der Waals surface area contributed by atoms with Gasteiger partial charge >= 0.3 is 6.18 Å². The van der Waals surface area contributed by atoms with Crippen LogP contribution >= 0.6 is 13.5 Å². The van der Waals surface area contributed by atoms with Gasteiger partial charge in [0.2, 0.25) is 0 Å². The van der Waals surface area contributed by atoms with E-state index in [1.165, 1.54) is 6.07 Å². The Balaban J connectivity index is 0.00000480. The molecule has 13 heteroatoms. The van der Waals surface area contributed by atoms with Crippen molar-refractivity contribution in [1.82, 2.24) is 24.6 Å². The van der Waals surface area contributed by atoms with Crippen molar-refractivity contribution < 1.29 is 18.0 Å². The summed E-state index contributed by atoms with van der Waals surface area (Å²) in [6.45, 7) is 4.32. The van der Waals surface area contributed by atoms with E-state index in [9.17, 15) is 23.2 Å². The maximum atomic E-state index is 14.5. The zero-order valence-corrected chi connectivity index (χ0v) is 27.0. The number of nitrogens with one attached hydrogen (secondary N) is 1. The Bertz CT molecular complexity index is 1730. The quantitative estimate of drug-likeness (QED) is 0.197. The molecule has 0 radical (unpaired) electrons. The molecule has 0 aliphatic carbocycles. The number of aromatic nitrogens is 4. The molecule has 1 aliphatic heterocycles. The Morgan fingerprint density at radius 1 is 1.09 bits per heavy atom. The Morgan fingerprint density at radius 3 is 2.48 bits per heavy atom. The second-order valence-corrected chi connectivity index (χ2v) is 11.3. The molecule has 0 spiro atoms. The van der Waals surface area contributed by atoms with Crippen molar-refractivity contribution in [2.24, 2.45) is 7.05 Å². The molecule has 46 heavy (non-hydrogen) atoms. The molecule has 1 N–H and O–H groups in total. The highest BCUT2D eigenvalue weighted by molar-refractivity contribution is 7.59. The average Bonchev–Trinajstić information content (AvgIpc) is 3.46. The van der Waals surface area contributed by atoms with E-state index in [4.69, 9.17) is 0 Å². The van der Waals surface area contributed by atoms with Crippen LogP contribution in [0.3, 0.4) is 0 Å². The van der Waals surface area contributed by atoms with Crippen LogP contribution in [0.5, 0.6) is 0 Å². The molecule has 0 saturated carbocycles. The number of alkyl halides is 3. The number of nitrogens with zero attached hydrogens (tertiary/aromatic N) is 7. The van der Waals surface area contributed by atoms with Gasteiger partial charge in [0.15, 0.2) is 5.82 Å². The lowest BCUT2D eigenvalue weighted by Crippen LogP contribution is -2.29. The minimum atomic E-state index is -4.65. The molecule has 9 nitrogen and oxygen atoms in total. The highest BCUT2D eigenvalue weighted by Gasteiger charge is 2.35. The monoisotopic (exact) mass is 650 g/mol. The summed E-state index contributed by atoms with van der Waals surface area (Å²) >= 11 is 0. The van der Waals surface area contributed by atoms with Gasteiger partial charge in [-0.05, 0) is 91.5 Å². The van der Waals surface area contributed by atoms with Crippen LogP contribution in [0.2, 0.25) is 0 Å². The van der Waals surface area contributed by atoms with E-state index in [1.54, 1.807) is 54.2 Å². The molecule has 1 saturated heterocycles. The van der Waals surface area contributed by atoms with Gasteiger partial charge < -0.3 is 14.8 Å². The van der Waals surface area contributed by atoms with Gasteiger partial charge in [0.25, 0.3) is 0 Å². The summed E-state index contributed by atoms with van der Waals surface area (Å²) in [4.78, 5) is 20.6. The molecule has 1 fully saturated rings. The number of aryl methyl sites for hydroxylation is 1. The van der Waals surface area contributed by atoms with Crippen LogP contribution in [0.15, 0.2) is 48.8 Å². The van der Waals surface area contributed by atoms with E-state index in [2.05, 4.69) is 31.5 Å². The number of carbonyl (C=O) groups is 1. The van der Waals surface area contributed by atoms with Crippen molar-refractivity contribution >= 4 is 31.4 Å². The number of piperidine rings is 1. The van der Waals surface area contributed by atoms with Crippen molar-refractivity contribution in [3.63, 3.8) is 0 Å². The molecule has 0 atom stereocenters. The fourth-order valence-corrected chi connectivity index (χ4v) is 5.79. The number of carbonyl (C=O) groups excluding carboxylic acids is 1. The number of nitriles is 1. The van der Waals surface area contributed by atoms with Crippen LogP contribution in [-0.4, -0.2) is 57.6 Å². The summed E-state index contributed by atoms with van der Waals surface area (Å²) in [6.07, 6.45) is 0.568. The van der Waals surface area contributed by atoms with Crippen LogP contribution in [-0.2, 0) is 26.3 Å². The maximum Gasteiger partial charge on any atom is 0.416 e. The van der Waals surface area contributed by atoms with E-state index < -0.39 is 11.7 Å². The van der Waals surface area contributed by atoms with Crippen LogP contribution < -0.4 is 10.2 Å². The van der Waals surface area contributed by atoms with E-state index in [-0.39, 0.29) is 31.2 Å². The first kappa shape index (κ1) is 34.5. The van der Waals surface area contributed by atoms with Crippen LogP contribution in [0.1, 0.15) is 58.8 Å². The second-order valence-electron chi connectivity index (χ2n) is 11.3. The average molecular weight is 651 g/mol. The summed E-state index contributed by atoms with van der Waals surface area (Å²) in [5.74, 6) is 1.47. The largest absolute Gasteiger partial charge is 0.416 e. The van der Waals surface area contributed by atoms with E-state index in [0.717, 1.165) is 37.9 Å². The molecule has 0 amide bonds. The number of aldehydes is 1. The van der Waals surface area contributed by atoms with Crippen LogP contribution in [0.4, 0.5) is 24.8 Å².